The molecule has 3 heteroatoms. The summed E-state index contributed by atoms with van der Waals surface area (Å²) in [6.45, 7) is 0. The van der Waals surface area contributed by atoms with Crippen LogP contribution < -0.4 is 5.43 Å². The van der Waals surface area contributed by atoms with Gasteiger partial charge in [0.2, 0.25) is 0 Å². The first kappa shape index (κ1) is 9.91. The third-order valence-corrected chi connectivity index (χ3v) is 3.43. The Labute approximate surface area is 97.8 Å². The van der Waals surface area contributed by atoms with Gasteiger partial charge in [-0.1, -0.05) is 17.7 Å². The fraction of sp³-hybridized carbons (Fsp3) is 0.308. The lowest BCUT2D eigenvalue weighted by atomic mass is 9.96. The Morgan fingerprint density at radius 1 is 1.19 bits per heavy atom. The van der Waals surface area contributed by atoms with E-state index in [-0.39, 0.29) is 5.43 Å². The van der Waals surface area contributed by atoms with Crippen molar-refractivity contribution in [2.45, 2.75) is 25.7 Å². The van der Waals surface area contributed by atoms with Crippen molar-refractivity contribution in [2.24, 2.45) is 0 Å². The molecule has 0 saturated heterocycles. The largest absolute Gasteiger partial charge is 0.459 e. The molecular weight excluding hydrogens is 224 g/mol. The molecule has 0 saturated carbocycles. The van der Waals surface area contributed by atoms with Crippen LogP contribution >= 0.6 is 11.6 Å². The highest BCUT2D eigenvalue weighted by atomic mass is 35.5. The zero-order valence-electron chi connectivity index (χ0n) is 8.75. The predicted octanol–water partition coefficient (Wildman–Crippen LogP) is 3.33. The van der Waals surface area contributed by atoms with E-state index in [1.54, 1.807) is 18.2 Å². The lowest BCUT2D eigenvalue weighted by Gasteiger charge is -2.14. The highest BCUT2D eigenvalue weighted by Crippen LogP contribution is 2.27. The monoisotopic (exact) mass is 234 g/mol. The number of para-hydroxylation sites is 1. The van der Waals surface area contributed by atoms with Gasteiger partial charge in [-0.2, -0.15) is 0 Å². The van der Waals surface area contributed by atoms with Gasteiger partial charge in [0.1, 0.15) is 5.76 Å². The van der Waals surface area contributed by atoms with Crippen molar-refractivity contribution in [3.05, 3.63) is 44.8 Å². The molecule has 0 unspecified atom stereocenters. The highest BCUT2D eigenvalue weighted by molar-refractivity contribution is 6.34. The summed E-state index contributed by atoms with van der Waals surface area (Å²) in [6, 6.07) is 5.32. The molecule has 16 heavy (non-hydrogen) atoms. The first-order valence-corrected chi connectivity index (χ1v) is 5.88. The third-order valence-electron chi connectivity index (χ3n) is 3.13. The van der Waals surface area contributed by atoms with E-state index >= 15 is 0 Å². The molecule has 1 heterocycles. The van der Waals surface area contributed by atoms with Crippen LogP contribution in [0.4, 0.5) is 0 Å². The molecule has 0 N–H and O–H groups in total. The van der Waals surface area contributed by atoms with Crippen LogP contribution in [0.5, 0.6) is 0 Å². The SMILES string of the molecule is O=c1c2c(oc3c(Cl)cccc13)CCCC2. The molecule has 1 aliphatic rings. The molecule has 1 aliphatic carbocycles. The van der Waals surface area contributed by atoms with Gasteiger partial charge >= 0.3 is 0 Å². The van der Waals surface area contributed by atoms with Gasteiger partial charge in [-0.25, -0.2) is 0 Å². The first-order chi connectivity index (χ1) is 7.77. The summed E-state index contributed by atoms with van der Waals surface area (Å²) in [5.41, 5.74) is 1.48. The van der Waals surface area contributed by atoms with Crippen molar-refractivity contribution < 1.29 is 4.42 Å². The van der Waals surface area contributed by atoms with Crippen molar-refractivity contribution in [1.82, 2.24) is 0 Å². The van der Waals surface area contributed by atoms with Gasteiger partial charge in [0, 0.05) is 12.0 Å². The Kier molecular flexibility index (Phi) is 2.25. The lowest BCUT2D eigenvalue weighted by Crippen LogP contribution is -2.16. The summed E-state index contributed by atoms with van der Waals surface area (Å²) in [4.78, 5) is 12.2. The number of hydrogen-bond donors (Lipinski definition) is 0. The maximum absolute atomic E-state index is 12.2. The van der Waals surface area contributed by atoms with Gasteiger partial charge in [0.15, 0.2) is 11.0 Å². The summed E-state index contributed by atoms with van der Waals surface area (Å²) < 4.78 is 5.76. The molecule has 2 nitrogen and oxygen atoms in total. The van der Waals surface area contributed by atoms with Crippen molar-refractivity contribution in [3.8, 4) is 0 Å². The fourth-order valence-electron chi connectivity index (χ4n) is 2.31. The number of aryl methyl sites for hydroxylation is 1. The maximum Gasteiger partial charge on any atom is 0.196 e. The molecular formula is C13H11ClO2. The molecule has 0 fully saturated rings. The van der Waals surface area contributed by atoms with Crippen LogP contribution in [0.3, 0.4) is 0 Å². The molecule has 1 aromatic carbocycles. The maximum atomic E-state index is 12.2. The minimum absolute atomic E-state index is 0.0958. The highest BCUT2D eigenvalue weighted by Gasteiger charge is 2.18. The minimum Gasteiger partial charge on any atom is -0.459 e. The topological polar surface area (TPSA) is 30.2 Å². The minimum atomic E-state index is 0.0958. The second-order valence-corrected chi connectivity index (χ2v) is 4.56. The summed E-state index contributed by atoms with van der Waals surface area (Å²) in [7, 11) is 0. The van der Waals surface area contributed by atoms with Crippen LogP contribution in [0, 0.1) is 0 Å². The van der Waals surface area contributed by atoms with Crippen molar-refractivity contribution in [2.75, 3.05) is 0 Å². The van der Waals surface area contributed by atoms with Gasteiger partial charge in [0.05, 0.1) is 10.4 Å². The van der Waals surface area contributed by atoms with E-state index in [1.165, 1.54) is 0 Å². The van der Waals surface area contributed by atoms with Gasteiger partial charge in [-0.3, -0.25) is 4.79 Å². The van der Waals surface area contributed by atoms with Crippen LogP contribution in [0.25, 0.3) is 11.0 Å². The van der Waals surface area contributed by atoms with Crippen molar-refractivity contribution >= 4 is 22.6 Å². The molecule has 0 amide bonds. The molecule has 82 valence electrons. The number of hydrogen-bond acceptors (Lipinski definition) is 2. The molecule has 0 aliphatic heterocycles. The zero-order chi connectivity index (χ0) is 11.1. The van der Waals surface area contributed by atoms with E-state index in [1.807, 2.05) is 0 Å². The summed E-state index contributed by atoms with van der Waals surface area (Å²) in [5.74, 6) is 0.830. The predicted molar refractivity (Wildman–Crippen MR) is 64.1 cm³/mol. The molecule has 2 aromatic rings. The Bertz CT molecular complexity index is 613. The number of benzene rings is 1. The first-order valence-electron chi connectivity index (χ1n) is 5.50. The lowest BCUT2D eigenvalue weighted by molar-refractivity contribution is 0.487. The Morgan fingerprint density at radius 3 is 2.88 bits per heavy atom. The molecule has 3 rings (SSSR count). The van der Waals surface area contributed by atoms with E-state index in [9.17, 15) is 4.79 Å². The van der Waals surface area contributed by atoms with E-state index in [2.05, 4.69) is 0 Å². The van der Waals surface area contributed by atoms with Crippen LogP contribution in [0.2, 0.25) is 5.02 Å². The Balaban J connectivity index is 2.44. The quantitative estimate of drug-likeness (QED) is 0.700. The zero-order valence-corrected chi connectivity index (χ0v) is 9.51. The molecule has 0 atom stereocenters. The second kappa shape index (κ2) is 3.63. The van der Waals surface area contributed by atoms with Crippen molar-refractivity contribution in [3.63, 3.8) is 0 Å². The van der Waals surface area contributed by atoms with E-state index in [0.717, 1.165) is 37.0 Å². The third kappa shape index (κ3) is 1.37. The fourth-order valence-corrected chi connectivity index (χ4v) is 2.52. The Morgan fingerprint density at radius 2 is 2.00 bits per heavy atom. The summed E-state index contributed by atoms with van der Waals surface area (Å²) >= 11 is 6.04. The number of rotatable bonds is 0. The molecule has 0 spiro atoms. The molecule has 0 bridgehead atoms. The van der Waals surface area contributed by atoms with E-state index in [4.69, 9.17) is 16.0 Å². The van der Waals surface area contributed by atoms with Crippen molar-refractivity contribution in [1.29, 1.82) is 0 Å². The smallest absolute Gasteiger partial charge is 0.196 e. The summed E-state index contributed by atoms with van der Waals surface area (Å²) in [5, 5.41) is 1.12. The average molecular weight is 235 g/mol. The molecule has 0 radical (unpaired) electrons. The van der Waals surface area contributed by atoms with Gasteiger partial charge in [0.25, 0.3) is 0 Å². The van der Waals surface area contributed by atoms with E-state index in [0.29, 0.717) is 16.0 Å². The van der Waals surface area contributed by atoms with Gasteiger partial charge < -0.3 is 4.42 Å². The van der Waals surface area contributed by atoms with Gasteiger partial charge in [-0.15, -0.1) is 0 Å². The van der Waals surface area contributed by atoms with E-state index < -0.39 is 0 Å². The Hall–Kier alpha value is -1.28. The number of fused-ring (bicyclic) bond motifs is 2. The molecule has 1 aromatic heterocycles. The van der Waals surface area contributed by atoms with Crippen LogP contribution in [-0.2, 0) is 12.8 Å². The van der Waals surface area contributed by atoms with Crippen LogP contribution in [0.1, 0.15) is 24.2 Å². The average Bonchev–Trinajstić information content (AvgIpc) is 2.31. The number of halogens is 1. The van der Waals surface area contributed by atoms with Crippen LogP contribution in [-0.4, -0.2) is 0 Å². The summed E-state index contributed by atoms with van der Waals surface area (Å²) in [6.07, 6.45) is 3.85. The second-order valence-electron chi connectivity index (χ2n) is 4.16. The normalized spacial score (nSPS) is 15.1. The van der Waals surface area contributed by atoms with Crippen LogP contribution in [0.15, 0.2) is 27.4 Å². The van der Waals surface area contributed by atoms with Gasteiger partial charge in [-0.05, 0) is 31.4 Å². The standard InChI is InChI=1S/C13H11ClO2/c14-10-6-3-5-9-12(15)8-4-1-2-7-11(8)16-13(9)10/h3,5-6H,1-2,4,7H2.